The molecule has 1 aromatic rings. The van der Waals surface area contributed by atoms with Crippen molar-refractivity contribution in [1.29, 1.82) is 0 Å². The first-order valence-electron chi connectivity index (χ1n) is 5.63. The van der Waals surface area contributed by atoms with Gasteiger partial charge in [-0.2, -0.15) is 0 Å². The largest absolute Gasteiger partial charge is 0.496 e. The molecule has 0 aliphatic heterocycles. The molecule has 0 heterocycles. The molecule has 0 radical (unpaired) electrons. The lowest BCUT2D eigenvalue weighted by atomic mass is 9.94. The highest BCUT2D eigenvalue weighted by Gasteiger charge is 2.28. The van der Waals surface area contributed by atoms with E-state index in [1.807, 2.05) is 0 Å². The third kappa shape index (κ3) is 3.67. The van der Waals surface area contributed by atoms with E-state index in [2.05, 4.69) is 5.32 Å². The van der Waals surface area contributed by atoms with Gasteiger partial charge >= 0.3 is 5.97 Å². The van der Waals surface area contributed by atoms with Crippen LogP contribution < -0.4 is 10.1 Å². The third-order valence-electron chi connectivity index (χ3n) is 2.68. The third-order valence-corrected chi connectivity index (χ3v) is 2.68. The lowest BCUT2D eigenvalue weighted by Gasteiger charge is -2.19. The molecule has 0 aromatic heterocycles. The molecular weight excluding hydrogens is 253 g/mol. The van der Waals surface area contributed by atoms with E-state index in [1.54, 1.807) is 0 Å². The van der Waals surface area contributed by atoms with Crippen LogP contribution in [0, 0.1) is 11.2 Å². The van der Waals surface area contributed by atoms with Crippen LogP contribution in [0.5, 0.6) is 5.75 Å². The van der Waals surface area contributed by atoms with Gasteiger partial charge in [0.1, 0.15) is 11.6 Å². The van der Waals surface area contributed by atoms with E-state index in [0.717, 1.165) is 6.07 Å². The Bertz CT molecular complexity index is 499. The smallest absolute Gasteiger partial charge is 0.310 e. The van der Waals surface area contributed by atoms with E-state index >= 15 is 0 Å². The SMILES string of the molecule is COc1ccc(F)cc1C(=O)NCC(C)(C)C(=O)O. The first-order valence-corrected chi connectivity index (χ1v) is 5.63. The highest BCUT2D eigenvalue weighted by atomic mass is 19.1. The molecule has 5 nitrogen and oxygen atoms in total. The Kier molecular flexibility index (Phi) is 4.47. The number of carbonyl (C=O) groups excluding carboxylic acids is 1. The second-order valence-corrected chi connectivity index (χ2v) is 4.72. The first-order chi connectivity index (χ1) is 8.77. The number of carbonyl (C=O) groups is 2. The summed E-state index contributed by atoms with van der Waals surface area (Å²) in [4.78, 5) is 22.8. The van der Waals surface area contributed by atoms with Gasteiger partial charge in [0.25, 0.3) is 5.91 Å². The van der Waals surface area contributed by atoms with Crippen LogP contribution in [0.4, 0.5) is 4.39 Å². The maximum absolute atomic E-state index is 13.1. The number of amides is 1. The summed E-state index contributed by atoms with van der Waals surface area (Å²) in [5.41, 5.74) is -1.07. The van der Waals surface area contributed by atoms with Crippen molar-refractivity contribution in [2.24, 2.45) is 5.41 Å². The Labute approximate surface area is 110 Å². The molecule has 2 N–H and O–H groups in total. The number of halogens is 1. The number of hydrogen-bond acceptors (Lipinski definition) is 3. The number of hydrogen-bond donors (Lipinski definition) is 2. The van der Waals surface area contributed by atoms with Gasteiger partial charge in [0.2, 0.25) is 0 Å². The molecule has 1 aromatic carbocycles. The van der Waals surface area contributed by atoms with Gasteiger partial charge in [-0.05, 0) is 32.0 Å². The Morgan fingerprint density at radius 1 is 1.42 bits per heavy atom. The van der Waals surface area contributed by atoms with Crippen LogP contribution in [0.15, 0.2) is 18.2 Å². The topological polar surface area (TPSA) is 75.6 Å². The summed E-state index contributed by atoms with van der Waals surface area (Å²) in [6, 6.07) is 3.56. The zero-order valence-corrected chi connectivity index (χ0v) is 11.0. The molecule has 0 aliphatic rings. The molecule has 0 aliphatic carbocycles. The molecule has 0 saturated carbocycles. The lowest BCUT2D eigenvalue weighted by Crippen LogP contribution is -2.39. The second-order valence-electron chi connectivity index (χ2n) is 4.72. The number of methoxy groups -OCH3 is 1. The van der Waals surface area contributed by atoms with Crippen molar-refractivity contribution in [2.45, 2.75) is 13.8 Å². The van der Waals surface area contributed by atoms with Crippen molar-refractivity contribution in [3.8, 4) is 5.75 Å². The van der Waals surface area contributed by atoms with E-state index < -0.39 is 23.1 Å². The fourth-order valence-corrected chi connectivity index (χ4v) is 1.33. The van der Waals surface area contributed by atoms with Crippen molar-refractivity contribution in [2.75, 3.05) is 13.7 Å². The van der Waals surface area contributed by atoms with Crippen LogP contribution in [0.2, 0.25) is 0 Å². The average Bonchev–Trinajstić information content (AvgIpc) is 2.35. The van der Waals surface area contributed by atoms with Crippen LogP contribution >= 0.6 is 0 Å². The molecule has 0 unspecified atom stereocenters. The fraction of sp³-hybridized carbons (Fsp3) is 0.385. The average molecular weight is 269 g/mol. The standard InChI is InChI=1S/C13H16FNO4/c1-13(2,12(17)18)7-15-11(16)9-6-8(14)4-5-10(9)19-3/h4-6H,7H2,1-3H3,(H,15,16)(H,17,18). The number of rotatable bonds is 5. The molecule has 104 valence electrons. The number of carboxylic acids is 1. The maximum Gasteiger partial charge on any atom is 0.310 e. The molecule has 0 spiro atoms. The fourth-order valence-electron chi connectivity index (χ4n) is 1.33. The Balaban J connectivity index is 2.84. The number of benzene rings is 1. The van der Waals surface area contributed by atoms with Crippen LogP contribution in [-0.2, 0) is 4.79 Å². The predicted molar refractivity (Wildman–Crippen MR) is 66.7 cm³/mol. The van der Waals surface area contributed by atoms with Crippen molar-refractivity contribution < 1.29 is 23.8 Å². The summed E-state index contributed by atoms with van der Waals surface area (Å²) < 4.78 is 18.1. The highest BCUT2D eigenvalue weighted by molar-refractivity contribution is 5.97. The number of aliphatic carboxylic acids is 1. The van der Waals surface area contributed by atoms with Crippen molar-refractivity contribution in [1.82, 2.24) is 5.32 Å². The van der Waals surface area contributed by atoms with Gasteiger partial charge < -0.3 is 15.2 Å². The highest BCUT2D eigenvalue weighted by Crippen LogP contribution is 2.20. The summed E-state index contributed by atoms with van der Waals surface area (Å²) in [5, 5.41) is 11.4. The van der Waals surface area contributed by atoms with E-state index in [1.165, 1.54) is 33.1 Å². The van der Waals surface area contributed by atoms with Crippen LogP contribution in [0.1, 0.15) is 24.2 Å². The molecule has 0 fully saturated rings. The molecule has 1 rings (SSSR count). The van der Waals surface area contributed by atoms with E-state index in [4.69, 9.17) is 9.84 Å². The Hall–Kier alpha value is -2.11. The Morgan fingerprint density at radius 2 is 2.05 bits per heavy atom. The van der Waals surface area contributed by atoms with Crippen molar-refractivity contribution in [3.05, 3.63) is 29.6 Å². The monoisotopic (exact) mass is 269 g/mol. The number of nitrogens with one attached hydrogen (secondary N) is 1. The molecule has 0 bridgehead atoms. The molecule has 19 heavy (non-hydrogen) atoms. The van der Waals surface area contributed by atoms with Gasteiger partial charge in [-0.15, -0.1) is 0 Å². The van der Waals surface area contributed by atoms with Gasteiger partial charge in [-0.1, -0.05) is 0 Å². The van der Waals surface area contributed by atoms with E-state index in [-0.39, 0.29) is 17.9 Å². The molecule has 0 atom stereocenters. The summed E-state index contributed by atoms with van der Waals surface area (Å²) in [5.74, 6) is -1.94. The van der Waals surface area contributed by atoms with Gasteiger partial charge in [-0.3, -0.25) is 9.59 Å². The minimum atomic E-state index is -1.10. The van der Waals surface area contributed by atoms with Crippen LogP contribution in [0.3, 0.4) is 0 Å². The van der Waals surface area contributed by atoms with Crippen LogP contribution in [0.25, 0.3) is 0 Å². The summed E-state index contributed by atoms with van der Waals surface area (Å²) in [7, 11) is 1.37. The summed E-state index contributed by atoms with van der Waals surface area (Å²) in [6.45, 7) is 2.90. The molecule has 0 saturated heterocycles. The minimum absolute atomic E-state index is 0.0312. The molecule has 6 heteroatoms. The van der Waals surface area contributed by atoms with Crippen LogP contribution in [-0.4, -0.2) is 30.6 Å². The van der Waals surface area contributed by atoms with Gasteiger partial charge in [0.05, 0.1) is 18.1 Å². The minimum Gasteiger partial charge on any atom is -0.496 e. The van der Waals surface area contributed by atoms with E-state index in [0.29, 0.717) is 0 Å². The van der Waals surface area contributed by atoms with E-state index in [9.17, 15) is 14.0 Å². The second kappa shape index (κ2) is 5.69. The van der Waals surface area contributed by atoms with Gasteiger partial charge in [-0.25, -0.2) is 4.39 Å². The first kappa shape index (κ1) is 14.9. The zero-order chi connectivity index (χ0) is 14.6. The summed E-state index contributed by atoms with van der Waals surface area (Å²) >= 11 is 0. The van der Waals surface area contributed by atoms with Crippen molar-refractivity contribution in [3.63, 3.8) is 0 Å². The summed E-state index contributed by atoms with van der Waals surface area (Å²) in [6.07, 6.45) is 0. The van der Waals surface area contributed by atoms with Crippen molar-refractivity contribution >= 4 is 11.9 Å². The Morgan fingerprint density at radius 3 is 2.58 bits per heavy atom. The molecule has 1 amide bonds. The lowest BCUT2D eigenvalue weighted by molar-refractivity contribution is -0.146. The van der Waals surface area contributed by atoms with Gasteiger partial charge in [0, 0.05) is 6.54 Å². The quantitative estimate of drug-likeness (QED) is 0.852. The normalized spacial score (nSPS) is 10.9. The number of carboxylic acid groups (broad SMARTS) is 1. The predicted octanol–water partition coefficient (Wildman–Crippen LogP) is 1.67. The maximum atomic E-state index is 13.1. The zero-order valence-electron chi connectivity index (χ0n) is 11.0. The molecular formula is C13H16FNO4. The van der Waals surface area contributed by atoms with Gasteiger partial charge in [0.15, 0.2) is 0 Å². The number of ether oxygens (including phenoxy) is 1.